The number of carbonyl (C=O) groups is 1. The fourth-order valence-corrected chi connectivity index (χ4v) is 2.62. The van der Waals surface area contributed by atoms with Crippen molar-refractivity contribution < 1.29 is 9.90 Å². The summed E-state index contributed by atoms with van der Waals surface area (Å²) >= 11 is 1.28. The molecule has 1 aromatic heterocycles. The van der Waals surface area contributed by atoms with Gasteiger partial charge in [0.05, 0.1) is 5.69 Å². The molecule has 0 aromatic carbocycles. The molecule has 0 aliphatic carbocycles. The zero-order valence-electron chi connectivity index (χ0n) is 9.99. The average Bonchev–Trinajstić information content (AvgIpc) is 2.65. The lowest BCUT2D eigenvalue weighted by atomic mass is 10.2. The van der Waals surface area contributed by atoms with Crippen LogP contribution in [0, 0.1) is 0 Å². The quantitative estimate of drug-likeness (QED) is 0.833. The number of carboxylic acid groups (broad SMARTS) is 1. The van der Waals surface area contributed by atoms with Crippen LogP contribution in [0.2, 0.25) is 0 Å². The van der Waals surface area contributed by atoms with E-state index >= 15 is 0 Å². The molecule has 1 rings (SSSR count). The molecule has 0 atom stereocenters. The van der Waals surface area contributed by atoms with Gasteiger partial charge >= 0.3 is 5.97 Å². The summed E-state index contributed by atoms with van der Waals surface area (Å²) in [4.78, 5) is 18.0. The number of rotatable bonds is 6. The van der Waals surface area contributed by atoms with Crippen molar-refractivity contribution in [1.82, 2.24) is 4.98 Å². The van der Waals surface area contributed by atoms with Crippen molar-refractivity contribution in [2.24, 2.45) is 0 Å². The number of aromatic nitrogens is 1. The molecule has 0 radical (unpaired) electrons. The second kappa shape index (κ2) is 5.84. The van der Waals surface area contributed by atoms with Gasteiger partial charge in [-0.15, -0.1) is 0 Å². The first-order valence-electron chi connectivity index (χ1n) is 5.61. The van der Waals surface area contributed by atoms with E-state index in [-0.39, 0.29) is 0 Å². The third-order valence-electron chi connectivity index (χ3n) is 2.40. The topological polar surface area (TPSA) is 53.4 Å². The summed E-state index contributed by atoms with van der Waals surface area (Å²) in [5.74, 6) is -0.862. The molecular weight excluding hydrogens is 224 g/mol. The van der Waals surface area contributed by atoms with Gasteiger partial charge in [0.25, 0.3) is 0 Å². The molecule has 0 aliphatic rings. The molecule has 0 fully saturated rings. The van der Waals surface area contributed by atoms with Crippen molar-refractivity contribution >= 4 is 22.4 Å². The van der Waals surface area contributed by atoms with E-state index in [0.717, 1.165) is 36.8 Å². The van der Waals surface area contributed by atoms with Gasteiger partial charge in [-0.05, 0) is 20.3 Å². The molecule has 0 saturated carbocycles. The third-order valence-corrected chi connectivity index (χ3v) is 3.55. The number of aromatic carboxylic acids is 1. The van der Waals surface area contributed by atoms with E-state index in [0.29, 0.717) is 4.88 Å². The van der Waals surface area contributed by atoms with Crippen LogP contribution >= 0.6 is 11.3 Å². The summed E-state index contributed by atoms with van der Waals surface area (Å²) in [5, 5.41) is 9.91. The highest BCUT2D eigenvalue weighted by atomic mass is 32.1. The Hall–Kier alpha value is -1.10. The summed E-state index contributed by atoms with van der Waals surface area (Å²) in [7, 11) is 0. The summed E-state index contributed by atoms with van der Waals surface area (Å²) in [6, 6.07) is 0. The SMILES string of the molecule is CCCc1nc(N(CC)CC)sc1C(=O)O. The molecule has 0 unspecified atom stereocenters. The van der Waals surface area contributed by atoms with Crippen molar-refractivity contribution in [1.29, 1.82) is 0 Å². The van der Waals surface area contributed by atoms with E-state index in [2.05, 4.69) is 9.88 Å². The molecule has 1 heterocycles. The Morgan fingerprint density at radius 2 is 2.00 bits per heavy atom. The normalized spacial score (nSPS) is 10.4. The van der Waals surface area contributed by atoms with Crippen molar-refractivity contribution in [2.75, 3.05) is 18.0 Å². The molecule has 16 heavy (non-hydrogen) atoms. The molecule has 0 aliphatic heterocycles. The number of thiazole rings is 1. The number of nitrogens with zero attached hydrogens (tertiary/aromatic N) is 2. The van der Waals surface area contributed by atoms with Crippen molar-refractivity contribution in [3.8, 4) is 0 Å². The van der Waals surface area contributed by atoms with Gasteiger partial charge in [0, 0.05) is 13.1 Å². The second-order valence-corrected chi connectivity index (χ2v) is 4.48. The lowest BCUT2D eigenvalue weighted by Crippen LogP contribution is -2.21. The molecule has 1 N–H and O–H groups in total. The van der Waals surface area contributed by atoms with Crippen LogP contribution in [0.3, 0.4) is 0 Å². The minimum Gasteiger partial charge on any atom is -0.477 e. The lowest BCUT2D eigenvalue weighted by molar-refractivity contribution is 0.0700. The molecule has 0 saturated heterocycles. The Kier molecular flexibility index (Phi) is 4.73. The first-order chi connectivity index (χ1) is 7.63. The van der Waals surface area contributed by atoms with E-state index < -0.39 is 5.97 Å². The van der Waals surface area contributed by atoms with Crippen LogP contribution in [0.25, 0.3) is 0 Å². The Morgan fingerprint density at radius 3 is 2.44 bits per heavy atom. The molecule has 4 nitrogen and oxygen atoms in total. The van der Waals surface area contributed by atoms with Crippen molar-refractivity contribution in [3.05, 3.63) is 10.6 Å². The van der Waals surface area contributed by atoms with E-state index in [1.165, 1.54) is 11.3 Å². The first-order valence-corrected chi connectivity index (χ1v) is 6.43. The predicted octanol–water partition coefficient (Wildman–Crippen LogP) is 2.64. The van der Waals surface area contributed by atoms with Crippen LogP contribution in [0.15, 0.2) is 0 Å². The minimum atomic E-state index is -0.862. The van der Waals surface area contributed by atoms with E-state index in [1.54, 1.807) is 0 Å². The number of anilines is 1. The fraction of sp³-hybridized carbons (Fsp3) is 0.636. The summed E-state index contributed by atoms with van der Waals surface area (Å²) < 4.78 is 0. The van der Waals surface area contributed by atoms with Gasteiger partial charge in [0.1, 0.15) is 4.88 Å². The Labute approximate surface area is 99.9 Å². The van der Waals surface area contributed by atoms with Gasteiger partial charge in [-0.25, -0.2) is 9.78 Å². The van der Waals surface area contributed by atoms with Crippen molar-refractivity contribution in [3.63, 3.8) is 0 Å². The maximum absolute atomic E-state index is 11.1. The Morgan fingerprint density at radius 1 is 1.38 bits per heavy atom. The first kappa shape index (κ1) is 13.0. The summed E-state index contributed by atoms with van der Waals surface area (Å²) in [6.07, 6.45) is 1.65. The second-order valence-electron chi connectivity index (χ2n) is 3.50. The van der Waals surface area contributed by atoms with Gasteiger partial charge in [0.2, 0.25) is 0 Å². The Bertz CT molecular complexity index is 359. The fourth-order valence-electron chi connectivity index (χ4n) is 1.54. The molecular formula is C11H18N2O2S. The molecule has 90 valence electrons. The number of hydrogen-bond acceptors (Lipinski definition) is 4. The van der Waals surface area contributed by atoms with Crippen molar-refractivity contribution in [2.45, 2.75) is 33.6 Å². The third kappa shape index (κ3) is 2.72. The maximum atomic E-state index is 11.1. The highest BCUT2D eigenvalue weighted by Crippen LogP contribution is 2.27. The van der Waals surface area contributed by atoms with Gasteiger partial charge in [0.15, 0.2) is 5.13 Å². The zero-order valence-corrected chi connectivity index (χ0v) is 10.8. The molecule has 0 bridgehead atoms. The van der Waals surface area contributed by atoms with Gasteiger partial charge < -0.3 is 10.0 Å². The number of carboxylic acids is 1. The highest BCUT2D eigenvalue weighted by Gasteiger charge is 2.18. The van der Waals surface area contributed by atoms with Crippen LogP contribution in [0.4, 0.5) is 5.13 Å². The van der Waals surface area contributed by atoms with Crippen LogP contribution in [-0.2, 0) is 6.42 Å². The summed E-state index contributed by atoms with van der Waals surface area (Å²) in [5.41, 5.74) is 0.724. The number of hydrogen-bond donors (Lipinski definition) is 1. The highest BCUT2D eigenvalue weighted by molar-refractivity contribution is 7.17. The largest absolute Gasteiger partial charge is 0.477 e. The zero-order chi connectivity index (χ0) is 12.1. The predicted molar refractivity (Wildman–Crippen MR) is 66.6 cm³/mol. The standard InChI is InChI=1S/C11H18N2O2S/c1-4-7-8-9(10(14)15)16-11(12-8)13(5-2)6-3/h4-7H2,1-3H3,(H,14,15). The van der Waals surface area contributed by atoms with E-state index in [4.69, 9.17) is 5.11 Å². The smallest absolute Gasteiger partial charge is 0.347 e. The van der Waals surface area contributed by atoms with Gasteiger partial charge in [-0.3, -0.25) is 0 Å². The lowest BCUT2D eigenvalue weighted by Gasteiger charge is -2.16. The van der Waals surface area contributed by atoms with Gasteiger partial charge in [-0.1, -0.05) is 24.7 Å². The van der Waals surface area contributed by atoms with E-state index in [1.807, 2.05) is 20.8 Å². The van der Waals surface area contributed by atoms with Gasteiger partial charge in [-0.2, -0.15) is 0 Å². The molecule has 1 aromatic rings. The molecule has 0 amide bonds. The maximum Gasteiger partial charge on any atom is 0.347 e. The molecule has 0 spiro atoms. The van der Waals surface area contributed by atoms with Crippen LogP contribution in [0.5, 0.6) is 0 Å². The monoisotopic (exact) mass is 242 g/mol. The van der Waals surface area contributed by atoms with Crippen LogP contribution in [-0.4, -0.2) is 29.1 Å². The Balaban J connectivity index is 3.04. The average molecular weight is 242 g/mol. The summed E-state index contributed by atoms with van der Waals surface area (Å²) in [6.45, 7) is 7.83. The minimum absolute atomic E-state index is 0.392. The number of aryl methyl sites for hydroxylation is 1. The van der Waals surface area contributed by atoms with Crippen LogP contribution in [0.1, 0.15) is 42.6 Å². The molecule has 5 heteroatoms. The van der Waals surface area contributed by atoms with E-state index in [9.17, 15) is 4.79 Å². The van der Waals surface area contributed by atoms with Crippen LogP contribution < -0.4 is 4.90 Å².